The summed E-state index contributed by atoms with van der Waals surface area (Å²) in [5.41, 5.74) is 0. The summed E-state index contributed by atoms with van der Waals surface area (Å²) in [4.78, 5) is 30.0. The largest absolute Gasteiger partial charge is 0.378 e. The van der Waals surface area contributed by atoms with E-state index < -0.39 is 0 Å². The lowest BCUT2D eigenvalue weighted by Crippen LogP contribution is -2.51. The first-order valence-corrected chi connectivity index (χ1v) is 9.58. The van der Waals surface area contributed by atoms with Crippen molar-refractivity contribution in [1.82, 2.24) is 9.80 Å². The van der Waals surface area contributed by atoms with E-state index in [2.05, 4.69) is 12.1 Å². The number of hydrogen-bond donors (Lipinski definition) is 0. The molecule has 130 valence electrons. The summed E-state index contributed by atoms with van der Waals surface area (Å²) in [5, 5.41) is 0. The lowest BCUT2D eigenvalue weighted by Gasteiger charge is -2.32. The fourth-order valence-corrected chi connectivity index (χ4v) is 4.09. The monoisotopic (exact) mass is 348 g/mol. The number of amides is 2. The van der Waals surface area contributed by atoms with Crippen LogP contribution >= 0.6 is 11.8 Å². The number of carbonyl (C=O) groups excluding carboxylic acids is 2. The van der Waals surface area contributed by atoms with Crippen molar-refractivity contribution in [3.63, 3.8) is 0 Å². The van der Waals surface area contributed by atoms with E-state index in [0.717, 1.165) is 18.6 Å². The molecule has 6 heteroatoms. The van der Waals surface area contributed by atoms with Crippen molar-refractivity contribution in [3.8, 4) is 0 Å². The third-order valence-corrected chi connectivity index (χ3v) is 5.52. The van der Waals surface area contributed by atoms with Gasteiger partial charge in [-0.2, -0.15) is 0 Å². The first-order chi connectivity index (χ1) is 11.8. The van der Waals surface area contributed by atoms with Gasteiger partial charge in [-0.25, -0.2) is 0 Å². The van der Waals surface area contributed by atoms with Crippen LogP contribution in [-0.4, -0.2) is 66.3 Å². The molecule has 1 atom stereocenters. The highest BCUT2D eigenvalue weighted by molar-refractivity contribution is 7.99. The van der Waals surface area contributed by atoms with E-state index >= 15 is 0 Å². The zero-order chi connectivity index (χ0) is 16.8. The quantitative estimate of drug-likeness (QED) is 0.764. The molecule has 5 nitrogen and oxygen atoms in total. The van der Waals surface area contributed by atoms with Gasteiger partial charge in [-0.1, -0.05) is 18.2 Å². The van der Waals surface area contributed by atoms with Crippen LogP contribution in [0, 0.1) is 0 Å². The van der Waals surface area contributed by atoms with Gasteiger partial charge in [0.05, 0.1) is 13.2 Å². The smallest absolute Gasteiger partial charge is 0.245 e. The van der Waals surface area contributed by atoms with Gasteiger partial charge in [0, 0.05) is 36.7 Å². The highest BCUT2D eigenvalue weighted by atomic mass is 32.2. The SMILES string of the molecule is O=C([C@H]1CCCN1C(=O)CCSc1ccccc1)N1CCOCC1. The number of carbonyl (C=O) groups is 2. The Kier molecular flexibility index (Phi) is 6.15. The molecule has 2 fully saturated rings. The van der Waals surface area contributed by atoms with Crippen molar-refractivity contribution in [1.29, 1.82) is 0 Å². The normalized spacial score (nSPS) is 21.1. The second-order valence-electron chi connectivity index (χ2n) is 6.09. The number of ether oxygens (including phenoxy) is 1. The van der Waals surface area contributed by atoms with Gasteiger partial charge in [0.1, 0.15) is 6.04 Å². The molecule has 2 aliphatic heterocycles. The van der Waals surface area contributed by atoms with Crippen molar-refractivity contribution in [2.75, 3.05) is 38.6 Å². The lowest BCUT2D eigenvalue weighted by atomic mass is 10.1. The van der Waals surface area contributed by atoms with Crippen LogP contribution in [0.5, 0.6) is 0 Å². The van der Waals surface area contributed by atoms with Crippen LogP contribution in [0.1, 0.15) is 19.3 Å². The molecule has 2 amide bonds. The van der Waals surface area contributed by atoms with Crippen LogP contribution in [0.15, 0.2) is 35.2 Å². The molecule has 2 heterocycles. The number of thioether (sulfide) groups is 1. The number of rotatable bonds is 5. The molecule has 3 rings (SSSR count). The minimum Gasteiger partial charge on any atom is -0.378 e. The van der Waals surface area contributed by atoms with Crippen LogP contribution in [0.4, 0.5) is 0 Å². The molecule has 2 saturated heterocycles. The van der Waals surface area contributed by atoms with Gasteiger partial charge < -0.3 is 14.5 Å². The Balaban J connectivity index is 1.50. The van der Waals surface area contributed by atoms with E-state index in [0.29, 0.717) is 39.3 Å². The highest BCUT2D eigenvalue weighted by Gasteiger charge is 2.36. The van der Waals surface area contributed by atoms with E-state index in [4.69, 9.17) is 4.74 Å². The van der Waals surface area contributed by atoms with Crippen LogP contribution in [0.2, 0.25) is 0 Å². The van der Waals surface area contributed by atoms with Gasteiger partial charge in [-0.05, 0) is 25.0 Å². The van der Waals surface area contributed by atoms with Gasteiger partial charge in [-0.15, -0.1) is 11.8 Å². The topological polar surface area (TPSA) is 49.9 Å². The summed E-state index contributed by atoms with van der Waals surface area (Å²) in [5.74, 6) is 0.944. The first-order valence-electron chi connectivity index (χ1n) is 8.59. The van der Waals surface area contributed by atoms with Crippen LogP contribution in [0.3, 0.4) is 0 Å². The second kappa shape index (κ2) is 8.53. The minimum absolute atomic E-state index is 0.0971. The molecular formula is C18H24N2O3S. The Bertz CT molecular complexity index is 561. The van der Waals surface area contributed by atoms with Crippen molar-refractivity contribution in [2.45, 2.75) is 30.2 Å². The van der Waals surface area contributed by atoms with Gasteiger partial charge in [0.25, 0.3) is 0 Å². The van der Waals surface area contributed by atoms with E-state index in [9.17, 15) is 9.59 Å². The Morgan fingerprint density at radius 3 is 2.62 bits per heavy atom. The van der Waals surface area contributed by atoms with Crippen molar-refractivity contribution in [2.24, 2.45) is 0 Å². The van der Waals surface area contributed by atoms with Gasteiger partial charge in [-0.3, -0.25) is 9.59 Å². The molecule has 0 unspecified atom stereocenters. The van der Waals surface area contributed by atoms with Gasteiger partial charge in [0.2, 0.25) is 11.8 Å². The van der Waals surface area contributed by atoms with Crippen LogP contribution < -0.4 is 0 Å². The molecule has 0 aliphatic carbocycles. The summed E-state index contributed by atoms with van der Waals surface area (Å²) in [6.45, 7) is 3.18. The maximum absolute atomic E-state index is 12.7. The number of likely N-dealkylation sites (tertiary alicyclic amines) is 1. The Labute approximate surface area is 147 Å². The van der Waals surface area contributed by atoms with Crippen LogP contribution in [0.25, 0.3) is 0 Å². The Hall–Kier alpha value is -1.53. The van der Waals surface area contributed by atoms with Gasteiger partial charge in [0.15, 0.2) is 0 Å². The summed E-state index contributed by atoms with van der Waals surface area (Å²) in [6, 6.07) is 9.83. The molecule has 2 aliphatic rings. The van der Waals surface area contributed by atoms with Crippen molar-refractivity contribution >= 4 is 23.6 Å². The Morgan fingerprint density at radius 1 is 1.12 bits per heavy atom. The molecule has 1 aromatic carbocycles. The molecule has 0 bridgehead atoms. The first kappa shape index (κ1) is 17.3. The molecule has 0 N–H and O–H groups in total. The average molecular weight is 348 g/mol. The van der Waals surface area contributed by atoms with Crippen LogP contribution in [-0.2, 0) is 14.3 Å². The maximum Gasteiger partial charge on any atom is 0.245 e. The zero-order valence-corrected chi connectivity index (χ0v) is 14.7. The Morgan fingerprint density at radius 2 is 1.88 bits per heavy atom. The third kappa shape index (κ3) is 4.30. The third-order valence-electron chi connectivity index (χ3n) is 4.51. The number of morpholine rings is 1. The average Bonchev–Trinajstić information content (AvgIpc) is 3.12. The second-order valence-corrected chi connectivity index (χ2v) is 7.26. The highest BCUT2D eigenvalue weighted by Crippen LogP contribution is 2.23. The van der Waals surface area contributed by atoms with Crippen molar-refractivity contribution < 1.29 is 14.3 Å². The van der Waals surface area contributed by atoms with Gasteiger partial charge >= 0.3 is 0 Å². The number of nitrogens with zero attached hydrogens (tertiary/aromatic N) is 2. The van der Waals surface area contributed by atoms with E-state index in [1.165, 1.54) is 4.90 Å². The predicted molar refractivity (Wildman–Crippen MR) is 93.9 cm³/mol. The molecule has 0 spiro atoms. The number of benzene rings is 1. The fraction of sp³-hybridized carbons (Fsp3) is 0.556. The van der Waals surface area contributed by atoms with E-state index in [1.807, 2.05) is 23.1 Å². The molecule has 0 aromatic heterocycles. The molecule has 0 saturated carbocycles. The molecule has 1 aromatic rings. The number of hydrogen-bond acceptors (Lipinski definition) is 4. The summed E-state index contributed by atoms with van der Waals surface area (Å²) >= 11 is 1.69. The summed E-state index contributed by atoms with van der Waals surface area (Å²) in [6.07, 6.45) is 2.18. The summed E-state index contributed by atoms with van der Waals surface area (Å²) in [7, 11) is 0. The molecule has 24 heavy (non-hydrogen) atoms. The maximum atomic E-state index is 12.7. The zero-order valence-electron chi connectivity index (χ0n) is 13.9. The van der Waals surface area contributed by atoms with E-state index in [-0.39, 0.29) is 17.9 Å². The van der Waals surface area contributed by atoms with Crippen molar-refractivity contribution in [3.05, 3.63) is 30.3 Å². The molecular weight excluding hydrogens is 324 g/mol. The minimum atomic E-state index is -0.266. The summed E-state index contributed by atoms with van der Waals surface area (Å²) < 4.78 is 5.30. The molecule has 0 radical (unpaired) electrons. The predicted octanol–water partition coefficient (Wildman–Crippen LogP) is 2.02. The standard InChI is InChI=1S/C18H24N2O3S/c21-17(8-14-24-15-5-2-1-3-6-15)20-9-4-7-16(20)18(22)19-10-12-23-13-11-19/h1-3,5-6,16H,4,7-14H2/t16-/m1/s1. The fourth-order valence-electron chi connectivity index (χ4n) is 3.23. The lowest BCUT2D eigenvalue weighted by molar-refractivity contribution is -0.146. The van der Waals surface area contributed by atoms with E-state index in [1.54, 1.807) is 16.7 Å².